The molecule has 0 aromatic carbocycles. The molecule has 0 bridgehead atoms. The Labute approximate surface area is 56.7 Å². The average Bonchev–Trinajstić information content (AvgIpc) is 1.95. The quantitative estimate of drug-likeness (QED) is 0.326. The molecule has 5 heteroatoms. The van der Waals surface area contributed by atoms with Crippen molar-refractivity contribution in [2.24, 2.45) is 5.16 Å². The van der Waals surface area contributed by atoms with Crippen LogP contribution in [-0.4, -0.2) is 26.5 Å². The molecule has 0 aliphatic heterocycles. The fourth-order valence-corrected chi connectivity index (χ4v) is 0.450. The second-order valence-electron chi connectivity index (χ2n) is 1.54. The predicted octanol–water partition coefficient (Wildman–Crippen LogP) is -0.00970. The van der Waals surface area contributed by atoms with Crippen molar-refractivity contribution >= 4 is 6.21 Å². The lowest BCUT2D eigenvalue weighted by atomic mass is 10.5. The molecule has 1 heterocycles. The van der Waals surface area contributed by atoms with Crippen molar-refractivity contribution in [2.45, 2.75) is 0 Å². The van der Waals surface area contributed by atoms with Crippen LogP contribution in [0.4, 0.5) is 0 Å². The van der Waals surface area contributed by atoms with Gasteiger partial charge in [0, 0.05) is 0 Å². The largest absolute Gasteiger partial charge is 0.505 e. The maximum atomic E-state index is 8.69. The molecule has 0 unspecified atom stereocenters. The number of oxime groups is 1. The SMILES string of the molecule is O/N=C/c1ncc(O)cn1. The summed E-state index contributed by atoms with van der Waals surface area (Å²) in [6.45, 7) is 0. The maximum absolute atomic E-state index is 8.69. The molecule has 0 radical (unpaired) electrons. The number of aromatic nitrogens is 2. The van der Waals surface area contributed by atoms with E-state index in [0.29, 0.717) is 0 Å². The standard InChI is InChI=1S/C5H5N3O2/c9-4-1-6-5(3-8-10)7-2-4/h1-3,9-10H/b8-3+. The first kappa shape index (κ1) is 6.47. The molecule has 5 nitrogen and oxygen atoms in total. The molecule has 0 saturated carbocycles. The van der Waals surface area contributed by atoms with Crippen LogP contribution in [0.3, 0.4) is 0 Å². The molecule has 52 valence electrons. The van der Waals surface area contributed by atoms with Gasteiger partial charge in [-0.25, -0.2) is 9.97 Å². The number of aromatic hydroxyl groups is 1. The Hall–Kier alpha value is -1.65. The summed E-state index contributed by atoms with van der Waals surface area (Å²) in [5.41, 5.74) is 0. The van der Waals surface area contributed by atoms with E-state index in [1.165, 1.54) is 12.4 Å². The van der Waals surface area contributed by atoms with Gasteiger partial charge >= 0.3 is 0 Å². The Morgan fingerprint density at radius 1 is 1.40 bits per heavy atom. The van der Waals surface area contributed by atoms with Gasteiger partial charge in [-0.3, -0.25) is 0 Å². The topological polar surface area (TPSA) is 78.6 Å². The highest BCUT2D eigenvalue weighted by Crippen LogP contribution is 1.99. The zero-order valence-electron chi connectivity index (χ0n) is 4.97. The monoisotopic (exact) mass is 139 g/mol. The van der Waals surface area contributed by atoms with E-state index < -0.39 is 0 Å². The first-order chi connectivity index (χ1) is 4.83. The average molecular weight is 139 g/mol. The normalized spacial score (nSPS) is 10.4. The van der Waals surface area contributed by atoms with Gasteiger partial charge in [-0.1, -0.05) is 5.16 Å². The minimum absolute atomic E-state index is 0.0184. The second kappa shape index (κ2) is 2.77. The number of hydrogen-bond donors (Lipinski definition) is 2. The summed E-state index contributed by atoms with van der Waals surface area (Å²) in [4.78, 5) is 7.20. The molecular formula is C5H5N3O2. The van der Waals surface area contributed by atoms with Gasteiger partial charge in [0.2, 0.25) is 0 Å². The number of nitrogens with zero attached hydrogens (tertiary/aromatic N) is 3. The Bertz CT molecular complexity index is 231. The first-order valence-corrected chi connectivity index (χ1v) is 2.51. The van der Waals surface area contributed by atoms with Gasteiger partial charge in [0.1, 0.15) is 6.21 Å². The van der Waals surface area contributed by atoms with Crippen molar-refractivity contribution in [3.8, 4) is 5.75 Å². The molecule has 0 aliphatic carbocycles. The van der Waals surface area contributed by atoms with E-state index in [-0.39, 0.29) is 11.6 Å². The summed E-state index contributed by atoms with van der Waals surface area (Å²) < 4.78 is 0. The van der Waals surface area contributed by atoms with E-state index >= 15 is 0 Å². The van der Waals surface area contributed by atoms with Crippen molar-refractivity contribution in [3.63, 3.8) is 0 Å². The van der Waals surface area contributed by atoms with Crippen LogP contribution >= 0.6 is 0 Å². The van der Waals surface area contributed by atoms with E-state index in [4.69, 9.17) is 10.3 Å². The molecule has 1 rings (SSSR count). The van der Waals surface area contributed by atoms with E-state index in [9.17, 15) is 0 Å². The Balaban J connectivity index is 2.89. The van der Waals surface area contributed by atoms with Crippen molar-refractivity contribution < 1.29 is 10.3 Å². The summed E-state index contributed by atoms with van der Waals surface area (Å²) >= 11 is 0. The third kappa shape index (κ3) is 1.41. The molecule has 0 atom stereocenters. The molecule has 10 heavy (non-hydrogen) atoms. The molecule has 0 amide bonds. The van der Waals surface area contributed by atoms with Crippen LogP contribution in [0.15, 0.2) is 17.5 Å². The maximum Gasteiger partial charge on any atom is 0.174 e. The summed E-state index contributed by atoms with van der Waals surface area (Å²) in [6, 6.07) is 0. The fraction of sp³-hybridized carbons (Fsp3) is 0. The van der Waals surface area contributed by atoms with E-state index in [1.54, 1.807) is 0 Å². The van der Waals surface area contributed by atoms with Crippen LogP contribution in [0.2, 0.25) is 0 Å². The summed E-state index contributed by atoms with van der Waals surface area (Å²) in [5.74, 6) is 0.232. The lowest BCUT2D eigenvalue weighted by Gasteiger charge is -1.88. The lowest BCUT2D eigenvalue weighted by molar-refractivity contribution is 0.321. The van der Waals surface area contributed by atoms with Crippen LogP contribution < -0.4 is 0 Å². The first-order valence-electron chi connectivity index (χ1n) is 2.51. The Morgan fingerprint density at radius 3 is 2.50 bits per heavy atom. The molecule has 0 saturated heterocycles. The number of hydrogen-bond acceptors (Lipinski definition) is 5. The van der Waals surface area contributed by atoms with Crippen LogP contribution in [0.25, 0.3) is 0 Å². The Kier molecular flexibility index (Phi) is 1.79. The highest BCUT2D eigenvalue weighted by Gasteiger charge is 1.90. The molecule has 0 spiro atoms. The number of rotatable bonds is 1. The summed E-state index contributed by atoms with van der Waals surface area (Å²) in [5, 5.41) is 19.4. The molecule has 0 fully saturated rings. The van der Waals surface area contributed by atoms with E-state index in [0.717, 1.165) is 6.21 Å². The molecule has 0 aliphatic rings. The third-order valence-electron chi connectivity index (χ3n) is 0.831. The molecule has 1 aromatic heterocycles. The molecular weight excluding hydrogens is 134 g/mol. The van der Waals surface area contributed by atoms with Crippen LogP contribution in [0.1, 0.15) is 5.82 Å². The fourth-order valence-electron chi connectivity index (χ4n) is 0.450. The Morgan fingerprint density at radius 2 is 2.00 bits per heavy atom. The van der Waals surface area contributed by atoms with Gasteiger partial charge in [0.05, 0.1) is 12.4 Å². The van der Waals surface area contributed by atoms with Crippen LogP contribution in [0.5, 0.6) is 5.75 Å². The third-order valence-corrected chi connectivity index (χ3v) is 0.831. The van der Waals surface area contributed by atoms with Crippen LogP contribution in [-0.2, 0) is 0 Å². The minimum atomic E-state index is -0.0184. The zero-order valence-corrected chi connectivity index (χ0v) is 4.97. The summed E-state index contributed by atoms with van der Waals surface area (Å²) in [7, 11) is 0. The van der Waals surface area contributed by atoms with Crippen molar-refractivity contribution in [1.82, 2.24) is 9.97 Å². The van der Waals surface area contributed by atoms with Gasteiger partial charge in [0.25, 0.3) is 0 Å². The highest BCUT2D eigenvalue weighted by atomic mass is 16.4. The van der Waals surface area contributed by atoms with Gasteiger partial charge in [-0.15, -0.1) is 0 Å². The van der Waals surface area contributed by atoms with Crippen molar-refractivity contribution in [2.75, 3.05) is 0 Å². The zero-order chi connectivity index (χ0) is 7.40. The van der Waals surface area contributed by atoms with Gasteiger partial charge in [-0.05, 0) is 0 Å². The smallest absolute Gasteiger partial charge is 0.174 e. The lowest BCUT2D eigenvalue weighted by Crippen LogP contribution is -1.90. The van der Waals surface area contributed by atoms with Gasteiger partial charge in [0.15, 0.2) is 11.6 Å². The van der Waals surface area contributed by atoms with E-state index in [2.05, 4.69) is 15.1 Å². The van der Waals surface area contributed by atoms with Crippen molar-refractivity contribution in [1.29, 1.82) is 0 Å². The minimum Gasteiger partial charge on any atom is -0.505 e. The summed E-state index contributed by atoms with van der Waals surface area (Å²) in [6.07, 6.45) is 3.49. The van der Waals surface area contributed by atoms with Crippen molar-refractivity contribution in [3.05, 3.63) is 18.2 Å². The van der Waals surface area contributed by atoms with Crippen LogP contribution in [0, 0.1) is 0 Å². The second-order valence-corrected chi connectivity index (χ2v) is 1.54. The van der Waals surface area contributed by atoms with Gasteiger partial charge < -0.3 is 10.3 Å². The molecule has 1 aromatic rings. The van der Waals surface area contributed by atoms with Gasteiger partial charge in [-0.2, -0.15) is 0 Å². The highest BCUT2D eigenvalue weighted by molar-refractivity contribution is 5.73. The molecule has 2 N–H and O–H groups in total. The predicted molar refractivity (Wildman–Crippen MR) is 33.1 cm³/mol. The van der Waals surface area contributed by atoms with E-state index in [1.807, 2.05) is 0 Å².